The lowest BCUT2D eigenvalue weighted by Crippen LogP contribution is -1.91. The number of ether oxygens (including phenoxy) is 1. The Labute approximate surface area is 67.6 Å². The highest BCUT2D eigenvalue weighted by atomic mass is 16.5. The van der Waals surface area contributed by atoms with Crippen LogP contribution in [0.3, 0.4) is 0 Å². The molecule has 0 aromatic heterocycles. The van der Waals surface area contributed by atoms with Crippen LogP contribution in [0.2, 0.25) is 0 Å². The molecular weight excluding hydrogens is 140 g/mol. The third-order valence-electron chi connectivity index (χ3n) is 1.17. The molecule has 0 N–H and O–H groups in total. The number of allylic oxidation sites excluding steroid dienone is 1. The average molecular weight is 154 g/mol. The molecule has 0 saturated carbocycles. The van der Waals surface area contributed by atoms with Gasteiger partial charge in [-0.1, -0.05) is 19.9 Å². The maximum atomic E-state index is 10.5. The van der Waals surface area contributed by atoms with Crippen molar-refractivity contribution in [2.45, 2.75) is 26.2 Å². The quantitative estimate of drug-likeness (QED) is 0.263. The summed E-state index contributed by atoms with van der Waals surface area (Å²) in [5.41, 5.74) is 0. The van der Waals surface area contributed by atoms with Crippen LogP contribution >= 0.6 is 0 Å². The Balaban J connectivity index is 3.29. The normalized spacial score (nSPS) is 9.91. The Bertz CT molecular complexity index is 148. The summed E-state index contributed by atoms with van der Waals surface area (Å²) >= 11 is 0. The topological polar surface area (TPSA) is 26.3 Å². The lowest BCUT2D eigenvalue weighted by molar-refractivity contribution is -0.132. The van der Waals surface area contributed by atoms with Gasteiger partial charge in [0, 0.05) is 6.08 Å². The largest absolute Gasteiger partial charge is 0.432 e. The zero-order valence-electron chi connectivity index (χ0n) is 6.88. The summed E-state index contributed by atoms with van der Waals surface area (Å²) in [6.45, 7) is 5.38. The Morgan fingerprint density at radius 2 is 2.36 bits per heavy atom. The van der Waals surface area contributed by atoms with Gasteiger partial charge < -0.3 is 4.74 Å². The van der Waals surface area contributed by atoms with Gasteiger partial charge in [0.1, 0.15) is 0 Å². The van der Waals surface area contributed by atoms with Crippen LogP contribution in [0.4, 0.5) is 0 Å². The maximum absolute atomic E-state index is 10.5. The van der Waals surface area contributed by atoms with Gasteiger partial charge in [-0.15, -0.1) is 0 Å². The summed E-state index contributed by atoms with van der Waals surface area (Å²) in [5, 5.41) is 0. The molecule has 0 aromatic rings. The third kappa shape index (κ3) is 6.84. The molecule has 2 nitrogen and oxygen atoms in total. The first kappa shape index (κ1) is 9.95. The van der Waals surface area contributed by atoms with Gasteiger partial charge in [-0.05, 0) is 18.9 Å². The average Bonchev–Trinajstić information content (AvgIpc) is 2.04. The number of rotatable bonds is 5. The predicted molar refractivity (Wildman–Crippen MR) is 45.0 cm³/mol. The van der Waals surface area contributed by atoms with Crippen molar-refractivity contribution in [3.63, 3.8) is 0 Å². The van der Waals surface area contributed by atoms with Crippen LogP contribution in [-0.2, 0) is 9.53 Å². The minimum absolute atomic E-state index is 0.405. The lowest BCUT2D eigenvalue weighted by Gasteiger charge is -1.91. The molecular formula is C9H14O2. The summed E-state index contributed by atoms with van der Waals surface area (Å²) in [4.78, 5) is 10.5. The van der Waals surface area contributed by atoms with E-state index < -0.39 is 5.97 Å². The number of unbranched alkanes of at least 4 members (excludes halogenated alkanes) is 2. The predicted octanol–water partition coefficient (Wildman–Crippen LogP) is 2.42. The molecule has 0 radical (unpaired) electrons. The van der Waals surface area contributed by atoms with Crippen molar-refractivity contribution in [2.75, 3.05) is 0 Å². The molecule has 0 amide bonds. The van der Waals surface area contributed by atoms with E-state index in [9.17, 15) is 4.79 Å². The molecule has 0 saturated heterocycles. The van der Waals surface area contributed by atoms with E-state index in [1.165, 1.54) is 6.26 Å². The van der Waals surface area contributed by atoms with Gasteiger partial charge >= 0.3 is 5.97 Å². The SMILES string of the molecule is C=CC(=O)O/C=C/CCCC. The second-order valence-corrected chi connectivity index (χ2v) is 2.16. The molecule has 0 aromatic carbocycles. The first-order valence-electron chi connectivity index (χ1n) is 3.79. The van der Waals surface area contributed by atoms with E-state index >= 15 is 0 Å². The standard InChI is InChI=1S/C9H14O2/c1-3-5-6-7-8-11-9(10)4-2/h4,7-8H,2-3,5-6H2,1H3/b8-7+. The first-order chi connectivity index (χ1) is 5.31. The number of esters is 1. The van der Waals surface area contributed by atoms with E-state index in [0.29, 0.717) is 0 Å². The van der Waals surface area contributed by atoms with Crippen LogP contribution in [-0.4, -0.2) is 5.97 Å². The van der Waals surface area contributed by atoms with E-state index in [1.54, 1.807) is 0 Å². The second kappa shape index (κ2) is 7.06. The third-order valence-corrected chi connectivity index (χ3v) is 1.17. The fraction of sp³-hybridized carbons (Fsp3) is 0.444. The van der Waals surface area contributed by atoms with Crippen LogP contribution in [0.25, 0.3) is 0 Å². The van der Waals surface area contributed by atoms with Crippen molar-refractivity contribution < 1.29 is 9.53 Å². The minimum atomic E-state index is -0.405. The molecule has 0 bridgehead atoms. The van der Waals surface area contributed by atoms with Crippen molar-refractivity contribution in [3.8, 4) is 0 Å². The van der Waals surface area contributed by atoms with Gasteiger partial charge in [0.2, 0.25) is 0 Å². The molecule has 0 aliphatic heterocycles. The summed E-state index contributed by atoms with van der Waals surface area (Å²) in [6, 6.07) is 0. The molecule has 0 spiro atoms. The molecule has 62 valence electrons. The van der Waals surface area contributed by atoms with Gasteiger partial charge in [0.05, 0.1) is 6.26 Å². The van der Waals surface area contributed by atoms with Gasteiger partial charge in [-0.2, -0.15) is 0 Å². The Kier molecular flexibility index (Phi) is 6.39. The molecule has 0 heterocycles. The Hall–Kier alpha value is -1.05. The highest BCUT2D eigenvalue weighted by Crippen LogP contribution is 1.95. The van der Waals surface area contributed by atoms with E-state index in [2.05, 4.69) is 18.2 Å². The summed E-state index contributed by atoms with van der Waals surface area (Å²) < 4.78 is 4.60. The molecule has 0 rings (SSSR count). The van der Waals surface area contributed by atoms with E-state index in [0.717, 1.165) is 25.3 Å². The van der Waals surface area contributed by atoms with Crippen LogP contribution in [0, 0.1) is 0 Å². The smallest absolute Gasteiger partial charge is 0.334 e. The van der Waals surface area contributed by atoms with Gasteiger partial charge in [-0.25, -0.2) is 4.79 Å². The maximum Gasteiger partial charge on any atom is 0.334 e. The number of hydrogen-bond acceptors (Lipinski definition) is 2. The van der Waals surface area contributed by atoms with Crippen molar-refractivity contribution in [1.82, 2.24) is 0 Å². The monoisotopic (exact) mass is 154 g/mol. The van der Waals surface area contributed by atoms with Crippen LogP contribution in [0.5, 0.6) is 0 Å². The van der Waals surface area contributed by atoms with E-state index in [4.69, 9.17) is 0 Å². The van der Waals surface area contributed by atoms with Crippen LogP contribution in [0.1, 0.15) is 26.2 Å². The van der Waals surface area contributed by atoms with Crippen molar-refractivity contribution in [2.24, 2.45) is 0 Å². The highest BCUT2D eigenvalue weighted by Gasteiger charge is 1.87. The van der Waals surface area contributed by atoms with Crippen LogP contribution in [0.15, 0.2) is 25.0 Å². The molecule has 11 heavy (non-hydrogen) atoms. The zero-order valence-corrected chi connectivity index (χ0v) is 6.88. The second-order valence-electron chi connectivity index (χ2n) is 2.16. The lowest BCUT2D eigenvalue weighted by atomic mass is 10.2. The highest BCUT2D eigenvalue weighted by molar-refractivity contribution is 5.81. The molecule has 2 heteroatoms. The molecule has 0 aliphatic carbocycles. The molecule has 0 fully saturated rings. The van der Waals surface area contributed by atoms with Gasteiger partial charge in [0.25, 0.3) is 0 Å². The molecule has 0 atom stereocenters. The van der Waals surface area contributed by atoms with Gasteiger partial charge in [0.15, 0.2) is 0 Å². The first-order valence-corrected chi connectivity index (χ1v) is 3.79. The van der Waals surface area contributed by atoms with Crippen molar-refractivity contribution in [3.05, 3.63) is 25.0 Å². The number of hydrogen-bond donors (Lipinski definition) is 0. The van der Waals surface area contributed by atoms with E-state index in [-0.39, 0.29) is 0 Å². The molecule has 0 aliphatic rings. The Morgan fingerprint density at radius 3 is 2.91 bits per heavy atom. The van der Waals surface area contributed by atoms with Crippen LogP contribution < -0.4 is 0 Å². The summed E-state index contributed by atoms with van der Waals surface area (Å²) in [6.07, 6.45) is 7.64. The fourth-order valence-corrected chi connectivity index (χ4v) is 0.553. The van der Waals surface area contributed by atoms with E-state index in [1.807, 2.05) is 6.08 Å². The van der Waals surface area contributed by atoms with Crippen molar-refractivity contribution >= 4 is 5.97 Å². The fourth-order valence-electron chi connectivity index (χ4n) is 0.553. The zero-order chi connectivity index (χ0) is 8.53. The van der Waals surface area contributed by atoms with Gasteiger partial charge in [-0.3, -0.25) is 0 Å². The number of carbonyl (C=O) groups is 1. The summed E-state index contributed by atoms with van der Waals surface area (Å²) in [7, 11) is 0. The Morgan fingerprint density at radius 1 is 1.64 bits per heavy atom. The number of carbonyl (C=O) groups excluding carboxylic acids is 1. The van der Waals surface area contributed by atoms with Crippen molar-refractivity contribution in [1.29, 1.82) is 0 Å². The minimum Gasteiger partial charge on any atom is -0.432 e. The summed E-state index contributed by atoms with van der Waals surface area (Å²) in [5.74, 6) is -0.405. The molecule has 0 unspecified atom stereocenters.